The minimum absolute atomic E-state index is 0.0501. The van der Waals surface area contributed by atoms with Gasteiger partial charge in [0, 0.05) is 32.1 Å². The number of rotatable bonds is 2. The highest BCUT2D eigenvalue weighted by Crippen LogP contribution is 2.31. The molecule has 2 amide bonds. The molecule has 0 radical (unpaired) electrons. The highest BCUT2D eigenvalue weighted by molar-refractivity contribution is 5.86. The second-order valence-electron chi connectivity index (χ2n) is 4.83. The SMILES string of the molecule is CCN(C)C(=O)N1CCC(C)(C(N)=NO)CC1. The first-order chi connectivity index (χ1) is 7.94. The Morgan fingerprint density at radius 1 is 1.53 bits per heavy atom. The summed E-state index contributed by atoms with van der Waals surface area (Å²) in [6.45, 7) is 5.91. The van der Waals surface area contributed by atoms with Crippen LogP contribution in [0.15, 0.2) is 5.16 Å². The predicted molar refractivity (Wildman–Crippen MR) is 66.0 cm³/mol. The number of urea groups is 1. The van der Waals surface area contributed by atoms with Gasteiger partial charge in [-0.05, 0) is 19.8 Å². The van der Waals surface area contributed by atoms with Crippen LogP contribution < -0.4 is 5.73 Å². The zero-order valence-corrected chi connectivity index (χ0v) is 10.8. The van der Waals surface area contributed by atoms with Crippen LogP contribution in [-0.2, 0) is 0 Å². The summed E-state index contributed by atoms with van der Waals surface area (Å²) in [7, 11) is 1.79. The summed E-state index contributed by atoms with van der Waals surface area (Å²) in [4.78, 5) is 15.4. The highest BCUT2D eigenvalue weighted by Gasteiger charge is 2.36. The minimum Gasteiger partial charge on any atom is -0.409 e. The number of hydrogen-bond acceptors (Lipinski definition) is 3. The maximum Gasteiger partial charge on any atom is 0.319 e. The molecule has 1 heterocycles. The van der Waals surface area contributed by atoms with Crippen LogP contribution in [0.2, 0.25) is 0 Å². The van der Waals surface area contributed by atoms with Crippen molar-refractivity contribution in [2.75, 3.05) is 26.7 Å². The molecule has 0 unspecified atom stereocenters. The zero-order chi connectivity index (χ0) is 13.1. The number of carbonyl (C=O) groups is 1. The van der Waals surface area contributed by atoms with Crippen molar-refractivity contribution >= 4 is 11.9 Å². The Morgan fingerprint density at radius 2 is 2.06 bits per heavy atom. The number of piperidine rings is 1. The fourth-order valence-corrected chi connectivity index (χ4v) is 1.95. The second kappa shape index (κ2) is 5.25. The van der Waals surface area contributed by atoms with Crippen LogP contribution in [0.25, 0.3) is 0 Å². The largest absolute Gasteiger partial charge is 0.409 e. The van der Waals surface area contributed by atoms with Gasteiger partial charge in [-0.3, -0.25) is 0 Å². The van der Waals surface area contributed by atoms with Crippen LogP contribution >= 0.6 is 0 Å². The van der Waals surface area contributed by atoms with E-state index in [4.69, 9.17) is 10.9 Å². The van der Waals surface area contributed by atoms with E-state index in [-0.39, 0.29) is 17.3 Å². The number of hydrogen-bond donors (Lipinski definition) is 2. The van der Waals surface area contributed by atoms with E-state index in [1.165, 1.54) is 0 Å². The normalized spacial score (nSPS) is 20.2. The van der Waals surface area contributed by atoms with Crippen LogP contribution in [-0.4, -0.2) is 53.6 Å². The topological polar surface area (TPSA) is 82.2 Å². The molecule has 0 saturated carbocycles. The molecule has 0 bridgehead atoms. The summed E-state index contributed by atoms with van der Waals surface area (Å²) >= 11 is 0. The van der Waals surface area contributed by atoms with Crippen molar-refractivity contribution in [3.63, 3.8) is 0 Å². The maximum absolute atomic E-state index is 11.9. The number of amidine groups is 1. The molecule has 1 aliphatic rings. The molecule has 0 aromatic rings. The van der Waals surface area contributed by atoms with Gasteiger partial charge in [0.1, 0.15) is 5.84 Å². The quantitative estimate of drug-likeness (QED) is 0.327. The van der Waals surface area contributed by atoms with E-state index in [0.717, 1.165) is 12.8 Å². The Kier molecular flexibility index (Phi) is 4.20. The third kappa shape index (κ3) is 2.81. The molecular formula is C11H22N4O2. The number of nitrogens with two attached hydrogens (primary N) is 1. The van der Waals surface area contributed by atoms with E-state index in [2.05, 4.69) is 5.16 Å². The number of nitrogens with zero attached hydrogens (tertiary/aromatic N) is 3. The van der Waals surface area contributed by atoms with Gasteiger partial charge in [0.25, 0.3) is 0 Å². The molecule has 0 atom stereocenters. The van der Waals surface area contributed by atoms with Crippen LogP contribution in [0.1, 0.15) is 26.7 Å². The number of amides is 2. The molecule has 6 heteroatoms. The van der Waals surface area contributed by atoms with Crippen LogP contribution in [0.4, 0.5) is 4.79 Å². The molecule has 1 rings (SSSR count). The Morgan fingerprint density at radius 3 is 2.47 bits per heavy atom. The molecule has 1 aliphatic heterocycles. The van der Waals surface area contributed by atoms with Crippen molar-refractivity contribution in [3.05, 3.63) is 0 Å². The van der Waals surface area contributed by atoms with Crippen molar-refractivity contribution in [1.82, 2.24) is 9.80 Å². The lowest BCUT2D eigenvalue weighted by Gasteiger charge is -2.39. The lowest BCUT2D eigenvalue weighted by Crippen LogP contribution is -2.50. The average Bonchev–Trinajstić information content (AvgIpc) is 2.36. The standard InChI is InChI=1S/C11H22N4O2/c1-4-14(3)10(16)15-7-5-11(2,6-8-15)9(12)13-17/h17H,4-8H2,1-3H3,(H2,12,13). The van der Waals surface area contributed by atoms with Crippen LogP contribution in [0.3, 0.4) is 0 Å². The molecule has 0 spiro atoms. The lowest BCUT2D eigenvalue weighted by molar-refractivity contribution is 0.132. The summed E-state index contributed by atoms with van der Waals surface area (Å²) in [5.74, 6) is 0.258. The molecule has 3 N–H and O–H groups in total. The lowest BCUT2D eigenvalue weighted by atomic mass is 9.79. The van der Waals surface area contributed by atoms with Crippen LogP contribution in [0, 0.1) is 5.41 Å². The van der Waals surface area contributed by atoms with E-state index in [9.17, 15) is 4.79 Å². The Labute approximate surface area is 102 Å². The summed E-state index contributed by atoms with van der Waals surface area (Å²) in [6, 6.07) is 0.0501. The van der Waals surface area contributed by atoms with Crippen LogP contribution in [0.5, 0.6) is 0 Å². The smallest absolute Gasteiger partial charge is 0.319 e. The van der Waals surface area contributed by atoms with E-state index in [1.54, 1.807) is 11.9 Å². The zero-order valence-electron chi connectivity index (χ0n) is 10.8. The molecule has 6 nitrogen and oxygen atoms in total. The fourth-order valence-electron chi connectivity index (χ4n) is 1.95. The first kappa shape index (κ1) is 13.6. The van der Waals surface area contributed by atoms with Crippen molar-refractivity contribution in [3.8, 4) is 0 Å². The summed E-state index contributed by atoms with van der Waals surface area (Å²) < 4.78 is 0. The third-order valence-electron chi connectivity index (χ3n) is 3.66. The molecular weight excluding hydrogens is 220 g/mol. The van der Waals surface area contributed by atoms with Crippen molar-refractivity contribution < 1.29 is 10.0 Å². The first-order valence-corrected chi connectivity index (χ1v) is 5.92. The Balaban J connectivity index is 2.60. The third-order valence-corrected chi connectivity index (χ3v) is 3.66. The molecule has 0 aromatic heterocycles. The minimum atomic E-state index is -0.295. The molecule has 1 fully saturated rings. The predicted octanol–water partition coefficient (Wildman–Crippen LogP) is 0.907. The van der Waals surface area contributed by atoms with Gasteiger partial charge >= 0.3 is 6.03 Å². The fraction of sp³-hybridized carbons (Fsp3) is 0.818. The number of carbonyl (C=O) groups excluding carboxylic acids is 1. The van der Waals surface area contributed by atoms with Gasteiger partial charge < -0.3 is 20.7 Å². The maximum atomic E-state index is 11.9. The number of likely N-dealkylation sites (tertiary alicyclic amines) is 1. The van der Waals surface area contributed by atoms with Crippen molar-refractivity contribution in [2.24, 2.45) is 16.3 Å². The number of oxime groups is 1. The second-order valence-corrected chi connectivity index (χ2v) is 4.83. The van der Waals surface area contributed by atoms with Gasteiger partial charge in [-0.15, -0.1) is 0 Å². The van der Waals surface area contributed by atoms with Gasteiger partial charge in [-0.1, -0.05) is 12.1 Å². The van der Waals surface area contributed by atoms with E-state index in [1.807, 2.05) is 18.7 Å². The first-order valence-electron chi connectivity index (χ1n) is 5.92. The highest BCUT2D eigenvalue weighted by atomic mass is 16.4. The summed E-state index contributed by atoms with van der Waals surface area (Å²) in [6.07, 6.45) is 1.46. The summed E-state index contributed by atoms with van der Waals surface area (Å²) in [5, 5.41) is 11.8. The van der Waals surface area contributed by atoms with E-state index in [0.29, 0.717) is 19.6 Å². The van der Waals surface area contributed by atoms with Crippen molar-refractivity contribution in [2.45, 2.75) is 26.7 Å². The van der Waals surface area contributed by atoms with E-state index < -0.39 is 0 Å². The van der Waals surface area contributed by atoms with Crippen molar-refractivity contribution in [1.29, 1.82) is 0 Å². The molecule has 0 aromatic carbocycles. The molecule has 0 aliphatic carbocycles. The van der Waals surface area contributed by atoms with E-state index >= 15 is 0 Å². The average molecular weight is 242 g/mol. The van der Waals surface area contributed by atoms with Gasteiger partial charge in [0.15, 0.2) is 0 Å². The Bertz CT molecular complexity index is 309. The van der Waals surface area contributed by atoms with Gasteiger partial charge in [0.2, 0.25) is 0 Å². The molecule has 1 saturated heterocycles. The Hall–Kier alpha value is -1.46. The van der Waals surface area contributed by atoms with Gasteiger partial charge in [-0.2, -0.15) is 0 Å². The summed E-state index contributed by atoms with van der Waals surface area (Å²) in [5.41, 5.74) is 5.38. The molecule has 17 heavy (non-hydrogen) atoms. The molecule has 98 valence electrons. The monoisotopic (exact) mass is 242 g/mol. The van der Waals surface area contributed by atoms with Gasteiger partial charge in [-0.25, -0.2) is 4.79 Å². The van der Waals surface area contributed by atoms with Gasteiger partial charge in [0.05, 0.1) is 0 Å².